The van der Waals surface area contributed by atoms with E-state index in [2.05, 4.69) is 35.8 Å². The number of aromatic nitrogens is 1. The number of hydrogen-bond acceptors (Lipinski definition) is 4. The van der Waals surface area contributed by atoms with Crippen molar-refractivity contribution in [1.82, 2.24) is 4.98 Å². The van der Waals surface area contributed by atoms with Crippen molar-refractivity contribution in [3.63, 3.8) is 0 Å². The summed E-state index contributed by atoms with van der Waals surface area (Å²) >= 11 is 0. The highest BCUT2D eigenvalue weighted by Crippen LogP contribution is 2.17. The Labute approximate surface area is 108 Å². The van der Waals surface area contributed by atoms with Crippen LogP contribution in [-0.4, -0.2) is 29.1 Å². The molecule has 0 radical (unpaired) electrons. The van der Waals surface area contributed by atoms with E-state index in [1.165, 1.54) is 0 Å². The predicted molar refractivity (Wildman–Crippen MR) is 74.1 cm³/mol. The van der Waals surface area contributed by atoms with Gasteiger partial charge in [-0.3, -0.25) is 0 Å². The number of hydrogen-bond donors (Lipinski definition) is 2. The summed E-state index contributed by atoms with van der Waals surface area (Å²) in [7, 11) is 2.01. The molecule has 1 aromatic rings. The molecule has 0 aliphatic carbocycles. The smallest absolute Gasteiger partial charge is 0.188 e. The second-order valence-electron chi connectivity index (χ2n) is 4.96. The van der Waals surface area contributed by atoms with Crippen LogP contribution in [0.3, 0.4) is 0 Å². The summed E-state index contributed by atoms with van der Waals surface area (Å²) in [6.45, 7) is 6.56. The number of amidine groups is 1. The highest BCUT2D eigenvalue weighted by atomic mass is 16.4. The standard InChI is InChI=1S/C13H22N4O/c1-9(2)8-10(3)17(4)12-7-5-6-11(15-12)13(14)16-18/h5-7,9-10,18H,8H2,1-4H3,(H2,14,16). The van der Waals surface area contributed by atoms with Gasteiger partial charge in [-0.05, 0) is 31.4 Å². The predicted octanol–water partition coefficient (Wildman–Crippen LogP) is 2.05. The third-order valence-electron chi connectivity index (χ3n) is 2.94. The highest BCUT2D eigenvalue weighted by molar-refractivity contribution is 5.95. The first kappa shape index (κ1) is 14.3. The monoisotopic (exact) mass is 250 g/mol. The topological polar surface area (TPSA) is 74.7 Å². The lowest BCUT2D eigenvalue weighted by Gasteiger charge is -2.27. The minimum atomic E-state index is 0.0294. The van der Waals surface area contributed by atoms with E-state index in [1.54, 1.807) is 6.07 Å². The summed E-state index contributed by atoms with van der Waals surface area (Å²) in [4.78, 5) is 6.49. The van der Waals surface area contributed by atoms with Crippen LogP contribution in [-0.2, 0) is 0 Å². The van der Waals surface area contributed by atoms with Crippen LogP contribution in [0.5, 0.6) is 0 Å². The van der Waals surface area contributed by atoms with Crippen molar-refractivity contribution < 1.29 is 5.21 Å². The zero-order valence-corrected chi connectivity index (χ0v) is 11.5. The van der Waals surface area contributed by atoms with Crippen molar-refractivity contribution in [3.8, 4) is 0 Å². The normalized spacial score (nSPS) is 13.7. The Morgan fingerprint density at radius 1 is 1.44 bits per heavy atom. The molecular weight excluding hydrogens is 228 g/mol. The van der Waals surface area contributed by atoms with Gasteiger partial charge in [0.1, 0.15) is 11.5 Å². The quantitative estimate of drug-likeness (QED) is 0.363. The molecular formula is C13H22N4O. The molecule has 3 N–H and O–H groups in total. The Morgan fingerprint density at radius 3 is 2.67 bits per heavy atom. The molecule has 0 aromatic carbocycles. The Kier molecular flexibility index (Phi) is 4.95. The van der Waals surface area contributed by atoms with E-state index in [-0.39, 0.29) is 5.84 Å². The summed E-state index contributed by atoms with van der Waals surface area (Å²) < 4.78 is 0. The fraction of sp³-hybridized carbons (Fsp3) is 0.538. The van der Waals surface area contributed by atoms with Crippen molar-refractivity contribution in [1.29, 1.82) is 0 Å². The van der Waals surface area contributed by atoms with Gasteiger partial charge in [0.2, 0.25) is 0 Å². The molecule has 0 fully saturated rings. The van der Waals surface area contributed by atoms with Gasteiger partial charge < -0.3 is 15.8 Å². The summed E-state index contributed by atoms with van der Waals surface area (Å²) in [6.07, 6.45) is 1.09. The van der Waals surface area contributed by atoms with E-state index in [1.807, 2.05) is 19.2 Å². The van der Waals surface area contributed by atoms with Crippen molar-refractivity contribution in [2.75, 3.05) is 11.9 Å². The molecule has 0 saturated carbocycles. The van der Waals surface area contributed by atoms with Crippen molar-refractivity contribution in [3.05, 3.63) is 23.9 Å². The fourth-order valence-corrected chi connectivity index (χ4v) is 1.88. The minimum absolute atomic E-state index is 0.0294. The lowest BCUT2D eigenvalue weighted by atomic mass is 10.0. The highest BCUT2D eigenvalue weighted by Gasteiger charge is 2.13. The molecule has 0 amide bonds. The van der Waals surface area contributed by atoms with E-state index in [4.69, 9.17) is 10.9 Å². The first-order valence-corrected chi connectivity index (χ1v) is 6.13. The van der Waals surface area contributed by atoms with Crippen LogP contribution in [0.1, 0.15) is 32.9 Å². The minimum Gasteiger partial charge on any atom is -0.409 e. The summed E-state index contributed by atoms with van der Waals surface area (Å²) in [5.74, 6) is 1.49. The van der Waals surface area contributed by atoms with E-state index >= 15 is 0 Å². The van der Waals surface area contributed by atoms with E-state index in [0.717, 1.165) is 12.2 Å². The maximum absolute atomic E-state index is 8.66. The van der Waals surface area contributed by atoms with Gasteiger partial charge in [-0.15, -0.1) is 0 Å². The number of anilines is 1. The number of oxime groups is 1. The van der Waals surface area contributed by atoms with Gasteiger partial charge in [0.05, 0.1) is 0 Å². The second-order valence-corrected chi connectivity index (χ2v) is 4.96. The maximum atomic E-state index is 8.66. The Balaban J connectivity index is 2.89. The summed E-state index contributed by atoms with van der Waals surface area (Å²) in [6, 6.07) is 5.89. The van der Waals surface area contributed by atoms with Crippen molar-refractivity contribution >= 4 is 11.7 Å². The number of nitrogens with two attached hydrogens (primary N) is 1. The van der Waals surface area contributed by atoms with Crippen molar-refractivity contribution in [2.45, 2.75) is 33.2 Å². The molecule has 1 aromatic heterocycles. The number of rotatable bonds is 5. The van der Waals surface area contributed by atoms with Gasteiger partial charge in [-0.2, -0.15) is 0 Å². The van der Waals surface area contributed by atoms with Gasteiger partial charge >= 0.3 is 0 Å². The first-order valence-electron chi connectivity index (χ1n) is 6.13. The molecule has 1 atom stereocenters. The van der Waals surface area contributed by atoms with Gasteiger partial charge in [0, 0.05) is 13.1 Å². The zero-order chi connectivity index (χ0) is 13.7. The Bertz CT molecular complexity index is 417. The van der Waals surface area contributed by atoms with Gasteiger partial charge in [-0.25, -0.2) is 4.98 Å². The van der Waals surface area contributed by atoms with Crippen LogP contribution < -0.4 is 10.6 Å². The molecule has 1 unspecified atom stereocenters. The molecule has 100 valence electrons. The van der Waals surface area contributed by atoms with Gasteiger partial charge in [-0.1, -0.05) is 25.1 Å². The summed E-state index contributed by atoms with van der Waals surface area (Å²) in [5, 5.41) is 11.6. The molecule has 5 heteroatoms. The molecule has 1 rings (SSSR count). The van der Waals surface area contributed by atoms with E-state index < -0.39 is 0 Å². The molecule has 0 bridgehead atoms. The molecule has 0 spiro atoms. The number of nitrogens with zero attached hydrogens (tertiary/aromatic N) is 3. The SMILES string of the molecule is CC(C)CC(C)N(C)c1cccc(C(N)=NO)n1. The largest absolute Gasteiger partial charge is 0.409 e. The molecule has 1 heterocycles. The fourth-order valence-electron chi connectivity index (χ4n) is 1.88. The van der Waals surface area contributed by atoms with E-state index in [0.29, 0.717) is 17.7 Å². The Morgan fingerprint density at radius 2 is 2.11 bits per heavy atom. The van der Waals surface area contributed by atoms with E-state index in [9.17, 15) is 0 Å². The second kappa shape index (κ2) is 6.23. The average molecular weight is 250 g/mol. The molecule has 0 saturated heterocycles. The van der Waals surface area contributed by atoms with Crippen LogP contribution in [0.15, 0.2) is 23.4 Å². The van der Waals surface area contributed by atoms with Crippen LogP contribution >= 0.6 is 0 Å². The lowest BCUT2D eigenvalue weighted by Crippen LogP contribution is -2.31. The maximum Gasteiger partial charge on any atom is 0.188 e. The van der Waals surface area contributed by atoms with Crippen LogP contribution in [0.25, 0.3) is 0 Å². The van der Waals surface area contributed by atoms with Gasteiger partial charge in [0.25, 0.3) is 0 Å². The Hall–Kier alpha value is -1.78. The average Bonchev–Trinajstić information content (AvgIpc) is 2.36. The van der Waals surface area contributed by atoms with Crippen molar-refractivity contribution in [2.24, 2.45) is 16.8 Å². The zero-order valence-electron chi connectivity index (χ0n) is 11.5. The van der Waals surface area contributed by atoms with Crippen LogP contribution in [0.2, 0.25) is 0 Å². The van der Waals surface area contributed by atoms with Crippen LogP contribution in [0, 0.1) is 5.92 Å². The third kappa shape index (κ3) is 3.61. The molecule has 0 aliphatic rings. The number of pyridine rings is 1. The third-order valence-corrected chi connectivity index (χ3v) is 2.94. The lowest BCUT2D eigenvalue weighted by molar-refractivity contribution is 0.318. The van der Waals surface area contributed by atoms with Gasteiger partial charge in [0.15, 0.2) is 5.84 Å². The van der Waals surface area contributed by atoms with Crippen LogP contribution in [0.4, 0.5) is 5.82 Å². The molecule has 0 aliphatic heterocycles. The first-order chi connectivity index (χ1) is 8.45. The molecule has 18 heavy (non-hydrogen) atoms. The molecule has 5 nitrogen and oxygen atoms in total. The summed E-state index contributed by atoms with van der Waals surface area (Å²) in [5.41, 5.74) is 6.02.